The molecule has 0 fully saturated rings. The van der Waals surface area contributed by atoms with E-state index in [0.29, 0.717) is 25.0 Å². The lowest BCUT2D eigenvalue weighted by Crippen LogP contribution is -2.35. The first-order valence-electron chi connectivity index (χ1n) is 6.90. The van der Waals surface area contributed by atoms with Gasteiger partial charge in [0, 0.05) is 12.6 Å². The van der Waals surface area contributed by atoms with Gasteiger partial charge in [0.1, 0.15) is 0 Å². The predicted molar refractivity (Wildman–Crippen MR) is 75.5 cm³/mol. The summed E-state index contributed by atoms with van der Waals surface area (Å²) in [5, 5.41) is 12.9. The Hall–Kier alpha value is -0.640. The number of aliphatic hydroxyl groups is 1. The standard InChI is InChI=1S/C15H27NO2/c1-4-13(3)16-9-15(17)11-18-10-14-8-6-5-7-12(14)2/h4-6,12-17H,1,7-11H2,2-3H3. The minimum absolute atomic E-state index is 0.225. The van der Waals surface area contributed by atoms with Crippen molar-refractivity contribution >= 4 is 0 Å². The van der Waals surface area contributed by atoms with E-state index in [1.165, 1.54) is 0 Å². The molecule has 0 saturated carbocycles. The normalized spacial score (nSPS) is 26.8. The summed E-state index contributed by atoms with van der Waals surface area (Å²) in [5.74, 6) is 1.29. The molecule has 3 nitrogen and oxygen atoms in total. The Morgan fingerprint density at radius 1 is 1.50 bits per heavy atom. The molecule has 0 aliphatic heterocycles. The third kappa shape index (κ3) is 5.80. The molecule has 0 aromatic carbocycles. The Bertz CT molecular complexity index is 265. The lowest BCUT2D eigenvalue weighted by Gasteiger charge is -2.25. The summed E-state index contributed by atoms with van der Waals surface area (Å²) in [6.45, 7) is 9.67. The van der Waals surface area contributed by atoms with Crippen molar-refractivity contribution in [3.8, 4) is 0 Å². The molecule has 0 bridgehead atoms. The molecule has 18 heavy (non-hydrogen) atoms. The van der Waals surface area contributed by atoms with Gasteiger partial charge >= 0.3 is 0 Å². The number of aliphatic hydroxyl groups excluding tert-OH is 1. The van der Waals surface area contributed by atoms with Gasteiger partial charge in [-0.25, -0.2) is 0 Å². The molecule has 0 heterocycles. The average molecular weight is 253 g/mol. The fourth-order valence-electron chi connectivity index (χ4n) is 2.06. The monoisotopic (exact) mass is 253 g/mol. The van der Waals surface area contributed by atoms with E-state index in [0.717, 1.165) is 19.4 Å². The van der Waals surface area contributed by atoms with Gasteiger partial charge in [-0.1, -0.05) is 25.2 Å². The summed E-state index contributed by atoms with van der Waals surface area (Å²) in [5.41, 5.74) is 0. The van der Waals surface area contributed by atoms with Crippen molar-refractivity contribution in [2.24, 2.45) is 11.8 Å². The van der Waals surface area contributed by atoms with Crippen LogP contribution in [0.3, 0.4) is 0 Å². The maximum absolute atomic E-state index is 9.75. The first-order chi connectivity index (χ1) is 8.63. The molecule has 0 amide bonds. The quantitative estimate of drug-likeness (QED) is 0.651. The minimum atomic E-state index is -0.443. The van der Waals surface area contributed by atoms with Crippen molar-refractivity contribution in [1.29, 1.82) is 0 Å². The Labute approximate surface area is 111 Å². The lowest BCUT2D eigenvalue weighted by molar-refractivity contribution is 0.0125. The zero-order valence-corrected chi connectivity index (χ0v) is 11.6. The summed E-state index contributed by atoms with van der Waals surface area (Å²) in [6, 6.07) is 0.225. The largest absolute Gasteiger partial charge is 0.389 e. The van der Waals surface area contributed by atoms with Crippen LogP contribution in [0.2, 0.25) is 0 Å². The molecule has 1 rings (SSSR count). The molecule has 0 saturated heterocycles. The number of hydrogen-bond donors (Lipinski definition) is 2. The Morgan fingerprint density at radius 2 is 2.22 bits per heavy atom. The van der Waals surface area contributed by atoms with Crippen molar-refractivity contribution in [1.82, 2.24) is 5.32 Å². The Morgan fingerprint density at radius 3 is 2.89 bits per heavy atom. The molecule has 2 N–H and O–H groups in total. The van der Waals surface area contributed by atoms with Crippen LogP contribution in [0.25, 0.3) is 0 Å². The first-order valence-corrected chi connectivity index (χ1v) is 6.90. The molecule has 4 unspecified atom stereocenters. The Kier molecular flexibility index (Phi) is 7.25. The molecule has 0 aromatic rings. The summed E-state index contributed by atoms with van der Waals surface area (Å²) in [4.78, 5) is 0. The topological polar surface area (TPSA) is 41.5 Å². The average Bonchev–Trinajstić information content (AvgIpc) is 2.38. The van der Waals surface area contributed by atoms with Gasteiger partial charge in [-0.15, -0.1) is 6.58 Å². The van der Waals surface area contributed by atoms with Crippen LogP contribution in [0.15, 0.2) is 24.8 Å². The number of rotatable bonds is 8. The van der Waals surface area contributed by atoms with Gasteiger partial charge in [0.25, 0.3) is 0 Å². The van der Waals surface area contributed by atoms with E-state index in [1.54, 1.807) is 0 Å². The SMILES string of the molecule is C=CC(C)NCC(O)COCC1CC=CCC1C. The van der Waals surface area contributed by atoms with Gasteiger partial charge in [0.15, 0.2) is 0 Å². The second-order valence-corrected chi connectivity index (χ2v) is 5.30. The third-order valence-corrected chi connectivity index (χ3v) is 3.59. The van der Waals surface area contributed by atoms with Crippen LogP contribution in [-0.2, 0) is 4.74 Å². The van der Waals surface area contributed by atoms with E-state index in [-0.39, 0.29) is 6.04 Å². The third-order valence-electron chi connectivity index (χ3n) is 3.59. The van der Waals surface area contributed by atoms with Crippen molar-refractivity contribution in [2.75, 3.05) is 19.8 Å². The summed E-state index contributed by atoms with van der Waals surface area (Å²) in [6.07, 6.45) is 8.11. The first kappa shape index (κ1) is 15.4. The number of hydrogen-bond acceptors (Lipinski definition) is 3. The maximum atomic E-state index is 9.75. The molecule has 104 valence electrons. The zero-order chi connectivity index (χ0) is 13.4. The van der Waals surface area contributed by atoms with E-state index in [1.807, 2.05) is 13.0 Å². The molecule has 4 atom stereocenters. The van der Waals surface area contributed by atoms with Gasteiger partial charge in [-0.05, 0) is 31.6 Å². The van der Waals surface area contributed by atoms with E-state index in [2.05, 4.69) is 31.0 Å². The van der Waals surface area contributed by atoms with Gasteiger partial charge in [-0.3, -0.25) is 0 Å². The molecule has 3 heteroatoms. The number of allylic oxidation sites excluding steroid dienone is 2. The maximum Gasteiger partial charge on any atom is 0.0897 e. The summed E-state index contributed by atoms with van der Waals surface area (Å²) in [7, 11) is 0. The second kappa shape index (κ2) is 8.46. The fourth-order valence-corrected chi connectivity index (χ4v) is 2.06. The molecule has 0 radical (unpaired) electrons. The van der Waals surface area contributed by atoms with Crippen molar-refractivity contribution < 1.29 is 9.84 Å². The molecular formula is C15H27NO2. The van der Waals surface area contributed by atoms with Gasteiger partial charge < -0.3 is 15.2 Å². The molecule has 1 aliphatic rings. The van der Waals surface area contributed by atoms with Crippen LogP contribution in [0.4, 0.5) is 0 Å². The van der Waals surface area contributed by atoms with E-state index in [4.69, 9.17) is 4.74 Å². The smallest absolute Gasteiger partial charge is 0.0897 e. The van der Waals surface area contributed by atoms with Crippen LogP contribution < -0.4 is 5.32 Å². The van der Waals surface area contributed by atoms with Gasteiger partial charge in [0.05, 0.1) is 19.3 Å². The highest BCUT2D eigenvalue weighted by molar-refractivity contribution is 4.93. The zero-order valence-electron chi connectivity index (χ0n) is 11.6. The van der Waals surface area contributed by atoms with Crippen LogP contribution in [0, 0.1) is 11.8 Å². The summed E-state index contributed by atoms with van der Waals surface area (Å²) < 4.78 is 5.62. The van der Waals surface area contributed by atoms with Crippen molar-refractivity contribution in [3.05, 3.63) is 24.8 Å². The number of nitrogens with one attached hydrogen (secondary N) is 1. The highest BCUT2D eigenvalue weighted by Gasteiger charge is 2.18. The fraction of sp³-hybridized carbons (Fsp3) is 0.733. The van der Waals surface area contributed by atoms with Crippen molar-refractivity contribution in [2.45, 2.75) is 38.8 Å². The molecular weight excluding hydrogens is 226 g/mol. The van der Waals surface area contributed by atoms with Crippen LogP contribution >= 0.6 is 0 Å². The highest BCUT2D eigenvalue weighted by Crippen LogP contribution is 2.24. The van der Waals surface area contributed by atoms with Crippen LogP contribution in [0.1, 0.15) is 26.7 Å². The van der Waals surface area contributed by atoms with Crippen molar-refractivity contribution in [3.63, 3.8) is 0 Å². The van der Waals surface area contributed by atoms with Gasteiger partial charge in [-0.2, -0.15) is 0 Å². The summed E-state index contributed by atoms with van der Waals surface area (Å²) >= 11 is 0. The highest BCUT2D eigenvalue weighted by atomic mass is 16.5. The van der Waals surface area contributed by atoms with Crippen LogP contribution in [-0.4, -0.2) is 37.0 Å². The predicted octanol–water partition coefficient (Wildman–Crippen LogP) is 2.13. The molecule has 1 aliphatic carbocycles. The van der Waals surface area contributed by atoms with E-state index in [9.17, 15) is 5.11 Å². The number of ether oxygens (including phenoxy) is 1. The van der Waals surface area contributed by atoms with E-state index >= 15 is 0 Å². The lowest BCUT2D eigenvalue weighted by atomic mass is 9.85. The molecule has 0 aromatic heterocycles. The second-order valence-electron chi connectivity index (χ2n) is 5.30. The van der Waals surface area contributed by atoms with Crippen LogP contribution in [0.5, 0.6) is 0 Å². The Balaban J connectivity index is 2.09. The molecule has 0 spiro atoms. The minimum Gasteiger partial charge on any atom is -0.389 e. The van der Waals surface area contributed by atoms with Gasteiger partial charge in [0.2, 0.25) is 0 Å². The van der Waals surface area contributed by atoms with E-state index < -0.39 is 6.10 Å².